The molecule has 0 fully saturated rings. The van der Waals surface area contributed by atoms with Crippen LogP contribution in [0.5, 0.6) is 17.2 Å². The molecule has 5 nitrogen and oxygen atoms in total. The second-order valence-corrected chi connectivity index (χ2v) is 10.3. The Morgan fingerprint density at radius 2 is 1.54 bits per heavy atom. The zero-order chi connectivity index (χ0) is 27.9. The predicted octanol–water partition coefficient (Wildman–Crippen LogP) is 8.59. The van der Waals surface area contributed by atoms with E-state index in [4.69, 9.17) is 21.1 Å². The van der Waals surface area contributed by atoms with Gasteiger partial charge in [0.15, 0.2) is 0 Å². The van der Waals surface area contributed by atoms with Crippen molar-refractivity contribution in [3.05, 3.63) is 83.4 Å². The van der Waals surface area contributed by atoms with Crippen molar-refractivity contribution in [3.8, 4) is 17.2 Å². The van der Waals surface area contributed by atoms with Gasteiger partial charge < -0.3 is 14.6 Å². The van der Waals surface area contributed by atoms with Crippen LogP contribution in [0.25, 0.3) is 0 Å². The normalized spacial score (nSPS) is 12.0. The molecule has 0 bridgehead atoms. The number of carbonyl (C=O) groups is 1. The minimum Gasteiger partial charge on any atom is -0.507 e. The summed E-state index contributed by atoms with van der Waals surface area (Å²) in [4.78, 5) is 17.0. The minimum absolute atomic E-state index is 0.0301. The van der Waals surface area contributed by atoms with E-state index in [-0.39, 0.29) is 11.5 Å². The highest BCUT2D eigenvalue weighted by Gasteiger charge is 2.19. The van der Waals surface area contributed by atoms with Gasteiger partial charge >= 0.3 is 5.97 Å². The van der Waals surface area contributed by atoms with Crippen LogP contribution in [0, 0.1) is 0 Å². The molecule has 3 rings (SSSR count). The van der Waals surface area contributed by atoms with Gasteiger partial charge in [0.25, 0.3) is 0 Å². The van der Waals surface area contributed by atoms with Gasteiger partial charge in [0, 0.05) is 17.8 Å². The molecule has 0 radical (unpaired) electrons. The fourth-order valence-electron chi connectivity index (χ4n) is 4.05. The quantitative estimate of drug-likeness (QED) is 0.0638. The number of phenolic OH excluding ortho intramolecular Hbond substituents is 1. The maximum absolute atomic E-state index is 12.5. The first-order valence-corrected chi connectivity index (χ1v) is 14.5. The number of unbranched alkanes of at least 4 members (excludes halogenated alkanes) is 5. The van der Waals surface area contributed by atoms with Crippen molar-refractivity contribution >= 4 is 29.5 Å². The Bertz CT molecular complexity index is 1180. The van der Waals surface area contributed by atoms with Crippen LogP contribution < -0.4 is 9.47 Å². The number of aromatic hydroxyl groups is 1. The second-order valence-electron chi connectivity index (χ2n) is 9.75. The van der Waals surface area contributed by atoms with Crippen molar-refractivity contribution in [2.24, 2.45) is 4.99 Å². The van der Waals surface area contributed by atoms with Crippen molar-refractivity contribution in [2.45, 2.75) is 77.0 Å². The fourth-order valence-corrected chi connectivity index (χ4v) is 4.27. The van der Waals surface area contributed by atoms with Gasteiger partial charge in [-0.2, -0.15) is 0 Å². The number of benzene rings is 3. The van der Waals surface area contributed by atoms with Crippen LogP contribution in [0.4, 0.5) is 5.69 Å². The molecule has 1 atom stereocenters. The molecule has 0 heterocycles. The lowest BCUT2D eigenvalue weighted by Crippen LogP contribution is -2.23. The lowest BCUT2D eigenvalue weighted by molar-refractivity contribution is -0.133. The number of hydrogen-bond acceptors (Lipinski definition) is 5. The summed E-state index contributed by atoms with van der Waals surface area (Å²) in [6.45, 7) is 5.03. The van der Waals surface area contributed by atoms with Gasteiger partial charge in [-0.3, -0.25) is 9.79 Å². The summed E-state index contributed by atoms with van der Waals surface area (Å²) in [6, 6.07) is 20.4. The first kappa shape index (κ1) is 30.2. The Morgan fingerprint density at radius 1 is 0.872 bits per heavy atom. The monoisotopic (exact) mass is 549 g/mol. The van der Waals surface area contributed by atoms with Crippen LogP contribution in [-0.2, 0) is 17.6 Å². The summed E-state index contributed by atoms with van der Waals surface area (Å²) in [5.41, 5.74) is 3.55. The molecule has 3 aromatic rings. The number of ether oxygens (including phenoxy) is 2. The van der Waals surface area contributed by atoms with Crippen LogP contribution in [0.3, 0.4) is 0 Å². The van der Waals surface area contributed by atoms with Gasteiger partial charge in [-0.05, 0) is 73.2 Å². The lowest BCUT2D eigenvalue weighted by atomic mass is 10.1. The molecule has 1 N–H and O–H groups in total. The van der Waals surface area contributed by atoms with Crippen molar-refractivity contribution in [1.29, 1.82) is 0 Å². The molecular formula is C33H40ClNO4. The molecule has 6 heteroatoms. The van der Waals surface area contributed by atoms with E-state index in [9.17, 15) is 9.90 Å². The van der Waals surface area contributed by atoms with E-state index in [1.807, 2.05) is 36.4 Å². The van der Waals surface area contributed by atoms with E-state index in [0.29, 0.717) is 18.6 Å². The van der Waals surface area contributed by atoms with E-state index in [0.717, 1.165) is 36.3 Å². The molecule has 0 spiro atoms. The smallest absolute Gasteiger partial charge is 0.329 e. The number of alkyl halides is 1. The molecule has 0 amide bonds. The number of aliphatic imine (C=N–C) groups is 1. The molecule has 208 valence electrons. The molecule has 0 aliphatic carbocycles. The topological polar surface area (TPSA) is 68.1 Å². The van der Waals surface area contributed by atoms with Crippen LogP contribution in [0.1, 0.15) is 75.5 Å². The Hall–Kier alpha value is -3.31. The first-order chi connectivity index (χ1) is 19.0. The molecule has 0 unspecified atom stereocenters. The maximum Gasteiger partial charge on any atom is 0.329 e. The molecular weight excluding hydrogens is 510 g/mol. The standard InChI is InChI=1S/C33H40ClNO4/c1-3-5-7-8-9-10-25-11-16-28(17-12-25)35-24-27-15-20-30(23-32(27)36)39-33(37)31(34)22-26-13-18-29(19-14-26)38-21-6-4-2/h11-20,23-24,31,36H,3-10,21-22H2,1-2H3/t31-/m0/s1. The van der Waals surface area contributed by atoms with E-state index >= 15 is 0 Å². The highest BCUT2D eigenvalue weighted by atomic mass is 35.5. The van der Waals surface area contributed by atoms with Gasteiger partial charge in [-0.1, -0.05) is 70.2 Å². The average molecular weight is 550 g/mol. The number of halogens is 1. The zero-order valence-corrected chi connectivity index (χ0v) is 23.8. The van der Waals surface area contributed by atoms with Crippen molar-refractivity contribution in [2.75, 3.05) is 6.61 Å². The van der Waals surface area contributed by atoms with Gasteiger partial charge in [-0.25, -0.2) is 0 Å². The highest BCUT2D eigenvalue weighted by Crippen LogP contribution is 2.25. The third-order valence-electron chi connectivity index (χ3n) is 6.44. The molecule has 0 aliphatic rings. The van der Waals surface area contributed by atoms with Gasteiger partial charge in [-0.15, -0.1) is 11.6 Å². The summed E-state index contributed by atoms with van der Waals surface area (Å²) in [7, 11) is 0. The number of rotatable bonds is 16. The summed E-state index contributed by atoms with van der Waals surface area (Å²) < 4.78 is 11.1. The molecule has 0 saturated heterocycles. The molecule has 39 heavy (non-hydrogen) atoms. The fraction of sp³-hybridized carbons (Fsp3) is 0.394. The summed E-state index contributed by atoms with van der Waals surface area (Å²) in [5.74, 6) is 0.414. The zero-order valence-electron chi connectivity index (χ0n) is 23.1. The number of phenols is 1. The number of hydrogen-bond donors (Lipinski definition) is 1. The maximum atomic E-state index is 12.5. The highest BCUT2D eigenvalue weighted by molar-refractivity contribution is 6.30. The van der Waals surface area contributed by atoms with Crippen LogP contribution >= 0.6 is 11.6 Å². The summed E-state index contributed by atoms with van der Waals surface area (Å²) >= 11 is 6.32. The van der Waals surface area contributed by atoms with E-state index < -0.39 is 11.3 Å². The Morgan fingerprint density at radius 3 is 2.23 bits per heavy atom. The molecule has 0 aromatic heterocycles. The first-order valence-electron chi connectivity index (χ1n) is 14.0. The lowest BCUT2D eigenvalue weighted by Gasteiger charge is -2.11. The third-order valence-corrected chi connectivity index (χ3v) is 6.77. The van der Waals surface area contributed by atoms with Crippen molar-refractivity contribution < 1.29 is 19.4 Å². The van der Waals surface area contributed by atoms with Gasteiger partial charge in [0.1, 0.15) is 22.6 Å². The molecule has 0 saturated carbocycles. The average Bonchev–Trinajstić information content (AvgIpc) is 2.94. The number of aryl methyl sites for hydroxylation is 1. The molecule has 3 aromatic carbocycles. The van der Waals surface area contributed by atoms with Crippen LogP contribution in [0.15, 0.2) is 71.7 Å². The van der Waals surface area contributed by atoms with E-state index in [1.165, 1.54) is 43.7 Å². The van der Waals surface area contributed by atoms with E-state index in [1.54, 1.807) is 18.3 Å². The van der Waals surface area contributed by atoms with Gasteiger partial charge in [0.2, 0.25) is 0 Å². The Balaban J connectivity index is 1.48. The van der Waals surface area contributed by atoms with Gasteiger partial charge in [0.05, 0.1) is 12.3 Å². The number of esters is 1. The third kappa shape index (κ3) is 10.8. The van der Waals surface area contributed by atoms with Crippen molar-refractivity contribution in [3.63, 3.8) is 0 Å². The van der Waals surface area contributed by atoms with E-state index in [2.05, 4.69) is 31.0 Å². The largest absolute Gasteiger partial charge is 0.507 e. The number of nitrogens with zero attached hydrogens (tertiary/aromatic N) is 1. The summed E-state index contributed by atoms with van der Waals surface area (Å²) in [6.07, 6.45) is 11.4. The van der Waals surface area contributed by atoms with Crippen molar-refractivity contribution in [1.82, 2.24) is 0 Å². The summed E-state index contributed by atoms with van der Waals surface area (Å²) in [5, 5.41) is 9.57. The Kier molecular flexibility index (Phi) is 12.9. The SMILES string of the molecule is CCCCCCCc1ccc(N=Cc2ccc(OC(=O)[C@@H](Cl)Cc3ccc(OCCCC)cc3)cc2O)cc1. The molecule has 0 aliphatic heterocycles. The minimum atomic E-state index is -0.862. The Labute approximate surface area is 237 Å². The predicted molar refractivity (Wildman–Crippen MR) is 160 cm³/mol. The number of carbonyl (C=O) groups excluding carboxylic acids is 1. The van der Waals surface area contributed by atoms with Crippen LogP contribution in [0.2, 0.25) is 0 Å². The second kappa shape index (κ2) is 16.6. The van der Waals surface area contributed by atoms with Crippen LogP contribution in [-0.4, -0.2) is 29.3 Å².